The van der Waals surface area contributed by atoms with Crippen LogP contribution >= 0.6 is 0 Å². The first-order valence-corrected chi connectivity index (χ1v) is 6.94. The van der Waals surface area contributed by atoms with E-state index in [4.69, 9.17) is 4.98 Å². The van der Waals surface area contributed by atoms with Crippen molar-refractivity contribution < 1.29 is 0 Å². The van der Waals surface area contributed by atoms with Gasteiger partial charge in [0, 0.05) is 25.2 Å². The summed E-state index contributed by atoms with van der Waals surface area (Å²) in [7, 11) is 1.86. The molecule has 0 fully saturated rings. The average Bonchev–Trinajstić information content (AvgIpc) is 3.04. The fraction of sp³-hybridized carbons (Fsp3) is 0.188. The van der Waals surface area contributed by atoms with E-state index in [2.05, 4.69) is 22.2 Å². The summed E-state index contributed by atoms with van der Waals surface area (Å²) in [6, 6.07) is 12.0. The van der Waals surface area contributed by atoms with Crippen molar-refractivity contribution in [3.8, 4) is 22.8 Å². The highest BCUT2D eigenvalue weighted by atomic mass is 15.1. The molecule has 1 aromatic carbocycles. The van der Waals surface area contributed by atoms with Crippen LogP contribution in [0.2, 0.25) is 0 Å². The number of imidazole rings is 1. The predicted molar refractivity (Wildman–Crippen MR) is 83.9 cm³/mol. The standard InChI is InChI=1S/C16H17N5/c1-3-21-11-18-10-14(21)16-19-13(9-15(17-2)20-16)12-7-5-4-6-8-12/h4-11H,3H2,1-2H3,(H,17,19,20). The van der Waals surface area contributed by atoms with Crippen LogP contribution < -0.4 is 5.32 Å². The molecule has 0 amide bonds. The molecular weight excluding hydrogens is 262 g/mol. The Morgan fingerprint density at radius 3 is 2.67 bits per heavy atom. The Hall–Kier alpha value is -2.69. The first-order valence-electron chi connectivity index (χ1n) is 6.94. The number of rotatable bonds is 4. The maximum absolute atomic E-state index is 4.69. The van der Waals surface area contributed by atoms with E-state index < -0.39 is 0 Å². The van der Waals surface area contributed by atoms with Gasteiger partial charge in [-0.3, -0.25) is 0 Å². The van der Waals surface area contributed by atoms with E-state index in [9.17, 15) is 0 Å². The van der Waals surface area contributed by atoms with Gasteiger partial charge in [-0.15, -0.1) is 0 Å². The minimum Gasteiger partial charge on any atom is -0.373 e. The van der Waals surface area contributed by atoms with Crippen LogP contribution in [-0.4, -0.2) is 26.6 Å². The Balaban J connectivity index is 2.14. The van der Waals surface area contributed by atoms with E-state index in [1.807, 2.05) is 48.0 Å². The van der Waals surface area contributed by atoms with Gasteiger partial charge in [-0.05, 0) is 6.92 Å². The van der Waals surface area contributed by atoms with Crippen molar-refractivity contribution in [1.82, 2.24) is 19.5 Å². The van der Waals surface area contributed by atoms with Crippen LogP contribution in [0, 0.1) is 0 Å². The molecule has 5 heteroatoms. The Bertz CT molecular complexity index is 733. The monoisotopic (exact) mass is 279 g/mol. The number of nitrogens with zero attached hydrogens (tertiary/aromatic N) is 4. The van der Waals surface area contributed by atoms with Crippen LogP contribution in [0.15, 0.2) is 48.9 Å². The number of hydrogen-bond acceptors (Lipinski definition) is 4. The molecule has 2 heterocycles. The minimum atomic E-state index is 0.681. The predicted octanol–water partition coefficient (Wildman–Crippen LogP) is 3.07. The summed E-state index contributed by atoms with van der Waals surface area (Å²) < 4.78 is 2.03. The lowest BCUT2D eigenvalue weighted by molar-refractivity contribution is 0.764. The lowest BCUT2D eigenvalue weighted by atomic mass is 10.1. The molecule has 5 nitrogen and oxygen atoms in total. The highest BCUT2D eigenvalue weighted by molar-refractivity contribution is 5.66. The van der Waals surface area contributed by atoms with Crippen molar-refractivity contribution in [2.24, 2.45) is 0 Å². The fourth-order valence-electron chi connectivity index (χ4n) is 2.21. The van der Waals surface area contributed by atoms with Gasteiger partial charge >= 0.3 is 0 Å². The average molecular weight is 279 g/mol. The molecule has 0 atom stereocenters. The third-order valence-electron chi connectivity index (χ3n) is 3.33. The summed E-state index contributed by atoms with van der Waals surface area (Å²) in [5.41, 5.74) is 2.89. The van der Waals surface area contributed by atoms with Crippen LogP contribution in [0.5, 0.6) is 0 Å². The van der Waals surface area contributed by atoms with Gasteiger partial charge in [-0.2, -0.15) is 0 Å². The molecule has 1 N–H and O–H groups in total. The molecule has 0 spiro atoms. The molecule has 0 aliphatic carbocycles. The zero-order valence-electron chi connectivity index (χ0n) is 12.1. The maximum atomic E-state index is 4.69. The van der Waals surface area contributed by atoms with Gasteiger partial charge in [0.05, 0.1) is 18.2 Å². The SMILES string of the molecule is CCn1cncc1-c1nc(NC)cc(-c2ccccc2)n1. The number of anilines is 1. The van der Waals surface area contributed by atoms with Crippen LogP contribution in [0.3, 0.4) is 0 Å². The zero-order chi connectivity index (χ0) is 14.7. The first kappa shape index (κ1) is 13.3. The van der Waals surface area contributed by atoms with E-state index >= 15 is 0 Å². The topological polar surface area (TPSA) is 55.6 Å². The van der Waals surface area contributed by atoms with Crippen molar-refractivity contribution in [2.75, 3.05) is 12.4 Å². The Morgan fingerprint density at radius 1 is 1.14 bits per heavy atom. The number of hydrogen-bond donors (Lipinski definition) is 1. The van der Waals surface area contributed by atoms with Gasteiger partial charge < -0.3 is 9.88 Å². The van der Waals surface area contributed by atoms with Gasteiger partial charge in [0.15, 0.2) is 5.82 Å². The van der Waals surface area contributed by atoms with E-state index in [0.29, 0.717) is 5.82 Å². The molecule has 0 saturated carbocycles. The minimum absolute atomic E-state index is 0.681. The van der Waals surface area contributed by atoms with Gasteiger partial charge in [0.2, 0.25) is 0 Å². The van der Waals surface area contributed by atoms with Crippen molar-refractivity contribution in [2.45, 2.75) is 13.5 Å². The summed E-state index contributed by atoms with van der Waals surface area (Å²) in [6.45, 7) is 2.91. The Labute approximate surface area is 123 Å². The van der Waals surface area contributed by atoms with Crippen molar-refractivity contribution in [3.05, 3.63) is 48.9 Å². The Morgan fingerprint density at radius 2 is 1.95 bits per heavy atom. The second kappa shape index (κ2) is 5.75. The number of aryl methyl sites for hydroxylation is 1. The lowest BCUT2D eigenvalue weighted by Gasteiger charge is -2.09. The molecule has 0 aliphatic heterocycles. The fourth-order valence-corrected chi connectivity index (χ4v) is 2.21. The molecular formula is C16H17N5. The smallest absolute Gasteiger partial charge is 0.180 e. The zero-order valence-corrected chi connectivity index (χ0v) is 12.1. The summed E-state index contributed by atoms with van der Waals surface area (Å²) in [4.78, 5) is 13.4. The number of nitrogens with one attached hydrogen (secondary N) is 1. The lowest BCUT2D eigenvalue weighted by Crippen LogP contribution is -2.02. The molecule has 2 aromatic heterocycles. The Kier molecular flexibility index (Phi) is 3.64. The van der Waals surface area contributed by atoms with Crippen molar-refractivity contribution in [1.29, 1.82) is 0 Å². The van der Waals surface area contributed by atoms with Crippen molar-refractivity contribution >= 4 is 5.82 Å². The summed E-state index contributed by atoms with van der Waals surface area (Å²) in [5.74, 6) is 1.47. The molecule has 0 saturated heterocycles. The molecule has 3 rings (SSSR count). The van der Waals surface area contributed by atoms with Crippen LogP contribution in [-0.2, 0) is 6.54 Å². The summed E-state index contributed by atoms with van der Waals surface area (Å²) in [6.07, 6.45) is 3.60. The first-order chi connectivity index (χ1) is 10.3. The van der Waals surface area contributed by atoms with Crippen LogP contribution in [0.4, 0.5) is 5.82 Å². The quantitative estimate of drug-likeness (QED) is 0.797. The summed E-state index contributed by atoms with van der Waals surface area (Å²) in [5, 5.41) is 3.10. The second-order valence-corrected chi connectivity index (χ2v) is 4.64. The van der Waals surface area contributed by atoms with Crippen LogP contribution in [0.25, 0.3) is 22.8 Å². The van der Waals surface area contributed by atoms with Gasteiger partial charge in [-0.25, -0.2) is 15.0 Å². The molecule has 3 aromatic rings. The van der Waals surface area contributed by atoms with Gasteiger partial charge in [0.25, 0.3) is 0 Å². The van der Waals surface area contributed by atoms with E-state index in [1.165, 1.54) is 0 Å². The molecule has 106 valence electrons. The summed E-state index contributed by atoms with van der Waals surface area (Å²) >= 11 is 0. The normalized spacial score (nSPS) is 10.6. The number of benzene rings is 1. The third kappa shape index (κ3) is 2.63. The largest absolute Gasteiger partial charge is 0.373 e. The number of aromatic nitrogens is 4. The molecule has 0 radical (unpaired) electrons. The van der Waals surface area contributed by atoms with E-state index in [1.54, 1.807) is 12.5 Å². The highest BCUT2D eigenvalue weighted by Crippen LogP contribution is 2.23. The van der Waals surface area contributed by atoms with E-state index in [0.717, 1.165) is 29.3 Å². The molecule has 0 bridgehead atoms. The molecule has 0 aliphatic rings. The molecule has 21 heavy (non-hydrogen) atoms. The van der Waals surface area contributed by atoms with Gasteiger partial charge in [0.1, 0.15) is 11.5 Å². The third-order valence-corrected chi connectivity index (χ3v) is 3.33. The second-order valence-electron chi connectivity index (χ2n) is 4.64. The van der Waals surface area contributed by atoms with E-state index in [-0.39, 0.29) is 0 Å². The highest BCUT2D eigenvalue weighted by Gasteiger charge is 2.11. The molecule has 0 unspecified atom stereocenters. The maximum Gasteiger partial charge on any atom is 0.180 e. The van der Waals surface area contributed by atoms with Crippen LogP contribution in [0.1, 0.15) is 6.92 Å². The van der Waals surface area contributed by atoms with Crippen molar-refractivity contribution in [3.63, 3.8) is 0 Å². The van der Waals surface area contributed by atoms with Gasteiger partial charge in [-0.1, -0.05) is 30.3 Å².